The van der Waals surface area contributed by atoms with Crippen molar-refractivity contribution in [3.63, 3.8) is 0 Å². The number of aliphatic hydroxyl groups is 1. The summed E-state index contributed by atoms with van der Waals surface area (Å²) in [4.78, 5) is 3.97. The molecule has 0 aliphatic rings. The van der Waals surface area contributed by atoms with Crippen LogP contribution in [-0.4, -0.2) is 20.3 Å². The van der Waals surface area contributed by atoms with Gasteiger partial charge >= 0.3 is 0 Å². The molecule has 0 saturated carbocycles. The second-order valence-electron chi connectivity index (χ2n) is 2.06. The molecule has 1 aromatic rings. The zero-order valence-corrected chi connectivity index (χ0v) is 6.00. The van der Waals surface area contributed by atoms with E-state index in [0.29, 0.717) is 5.82 Å². The number of aliphatic hydroxyl groups excluding tert-OH is 1. The molecule has 0 aliphatic heterocycles. The zero-order valence-electron chi connectivity index (χ0n) is 6.00. The number of nitrogens with zero attached hydrogens (tertiary/aromatic N) is 3. The first kappa shape index (κ1) is 7.08. The van der Waals surface area contributed by atoms with Crippen LogP contribution in [0.2, 0.25) is 0 Å². The molecule has 1 N–H and O–H groups in total. The van der Waals surface area contributed by atoms with E-state index in [9.17, 15) is 0 Å². The summed E-state index contributed by atoms with van der Waals surface area (Å²) in [7, 11) is 0. The summed E-state index contributed by atoms with van der Waals surface area (Å²) >= 11 is 0. The van der Waals surface area contributed by atoms with E-state index in [2.05, 4.69) is 15.2 Å². The minimum absolute atomic E-state index is 0.145. The predicted octanol–water partition coefficient (Wildman–Crippen LogP) is -0.0193. The van der Waals surface area contributed by atoms with Crippen LogP contribution in [0.3, 0.4) is 0 Å². The SMILES string of the molecule is Cc1nnc(CO)nc1C. The molecule has 10 heavy (non-hydrogen) atoms. The lowest BCUT2D eigenvalue weighted by molar-refractivity contribution is 0.269. The Kier molecular flexibility index (Phi) is 1.91. The van der Waals surface area contributed by atoms with Crippen LogP contribution in [0.25, 0.3) is 0 Å². The second-order valence-corrected chi connectivity index (χ2v) is 2.06. The Morgan fingerprint density at radius 3 is 2.40 bits per heavy atom. The molecule has 0 unspecified atom stereocenters. The first-order valence-electron chi connectivity index (χ1n) is 3.01. The molecule has 0 radical (unpaired) electrons. The summed E-state index contributed by atoms with van der Waals surface area (Å²) in [6.07, 6.45) is 0. The summed E-state index contributed by atoms with van der Waals surface area (Å²) in [6.45, 7) is 3.52. The molecule has 0 fully saturated rings. The van der Waals surface area contributed by atoms with Gasteiger partial charge in [-0.2, -0.15) is 5.10 Å². The van der Waals surface area contributed by atoms with Crippen molar-refractivity contribution >= 4 is 0 Å². The van der Waals surface area contributed by atoms with E-state index in [1.54, 1.807) is 0 Å². The number of aromatic nitrogens is 3. The van der Waals surface area contributed by atoms with E-state index >= 15 is 0 Å². The smallest absolute Gasteiger partial charge is 0.176 e. The number of hydrogen-bond acceptors (Lipinski definition) is 4. The minimum atomic E-state index is -0.145. The lowest BCUT2D eigenvalue weighted by Gasteiger charge is -1.97. The molecule has 0 atom stereocenters. The van der Waals surface area contributed by atoms with Crippen molar-refractivity contribution in [3.05, 3.63) is 17.2 Å². The van der Waals surface area contributed by atoms with Crippen molar-refractivity contribution in [2.45, 2.75) is 20.5 Å². The van der Waals surface area contributed by atoms with E-state index < -0.39 is 0 Å². The molecule has 4 heteroatoms. The number of rotatable bonds is 1. The first-order valence-corrected chi connectivity index (χ1v) is 3.01. The first-order chi connectivity index (χ1) is 4.74. The fraction of sp³-hybridized carbons (Fsp3) is 0.500. The third-order valence-electron chi connectivity index (χ3n) is 1.28. The highest BCUT2D eigenvalue weighted by atomic mass is 16.3. The van der Waals surface area contributed by atoms with Gasteiger partial charge in [-0.05, 0) is 13.8 Å². The molecule has 0 bridgehead atoms. The molecular weight excluding hydrogens is 130 g/mol. The highest BCUT2D eigenvalue weighted by Crippen LogP contribution is 1.96. The molecule has 0 aliphatic carbocycles. The summed E-state index contributed by atoms with van der Waals surface area (Å²) < 4.78 is 0. The van der Waals surface area contributed by atoms with Crippen LogP contribution in [0.5, 0.6) is 0 Å². The third-order valence-corrected chi connectivity index (χ3v) is 1.28. The van der Waals surface area contributed by atoms with E-state index in [1.807, 2.05) is 13.8 Å². The van der Waals surface area contributed by atoms with Crippen molar-refractivity contribution in [1.82, 2.24) is 15.2 Å². The number of aryl methyl sites for hydroxylation is 2. The topological polar surface area (TPSA) is 58.9 Å². The predicted molar refractivity (Wildman–Crippen MR) is 35.2 cm³/mol. The molecule has 54 valence electrons. The fourth-order valence-corrected chi connectivity index (χ4v) is 0.569. The average Bonchev–Trinajstić information content (AvgIpc) is 1.95. The third kappa shape index (κ3) is 1.27. The molecular formula is C6H9N3O. The standard InChI is InChI=1S/C6H9N3O/c1-4-5(2)8-9-6(3-10)7-4/h10H,3H2,1-2H3. The summed E-state index contributed by atoms with van der Waals surface area (Å²) in [5.74, 6) is 0.378. The van der Waals surface area contributed by atoms with Gasteiger partial charge in [0.15, 0.2) is 5.82 Å². The number of hydrogen-bond donors (Lipinski definition) is 1. The normalized spacial score (nSPS) is 9.90. The molecule has 4 nitrogen and oxygen atoms in total. The molecule has 1 heterocycles. The van der Waals surface area contributed by atoms with Gasteiger partial charge in [-0.15, -0.1) is 5.10 Å². The molecule has 0 amide bonds. The van der Waals surface area contributed by atoms with Gasteiger partial charge in [0.1, 0.15) is 6.61 Å². The van der Waals surface area contributed by atoms with Gasteiger partial charge in [-0.1, -0.05) is 0 Å². The molecule has 1 aromatic heterocycles. The highest BCUT2D eigenvalue weighted by molar-refractivity contribution is 5.04. The van der Waals surface area contributed by atoms with Crippen molar-refractivity contribution in [3.8, 4) is 0 Å². The molecule has 1 rings (SSSR count). The Morgan fingerprint density at radius 2 is 1.90 bits per heavy atom. The van der Waals surface area contributed by atoms with Crippen LogP contribution in [0.1, 0.15) is 17.2 Å². The van der Waals surface area contributed by atoms with Gasteiger partial charge < -0.3 is 5.11 Å². The lowest BCUT2D eigenvalue weighted by Crippen LogP contribution is -2.01. The Morgan fingerprint density at radius 1 is 1.20 bits per heavy atom. The minimum Gasteiger partial charge on any atom is -0.388 e. The van der Waals surface area contributed by atoms with Crippen LogP contribution in [0.15, 0.2) is 0 Å². The molecule has 0 spiro atoms. The molecule has 0 saturated heterocycles. The van der Waals surface area contributed by atoms with E-state index in [1.165, 1.54) is 0 Å². The maximum absolute atomic E-state index is 8.59. The largest absolute Gasteiger partial charge is 0.388 e. The van der Waals surface area contributed by atoms with Crippen LogP contribution in [-0.2, 0) is 6.61 Å². The van der Waals surface area contributed by atoms with Crippen LogP contribution in [0.4, 0.5) is 0 Å². The maximum Gasteiger partial charge on any atom is 0.176 e. The summed E-state index contributed by atoms with van der Waals surface area (Å²) in [5, 5.41) is 16.0. The summed E-state index contributed by atoms with van der Waals surface area (Å²) in [6, 6.07) is 0. The van der Waals surface area contributed by atoms with Gasteiger partial charge in [-0.25, -0.2) is 4.98 Å². The van der Waals surface area contributed by atoms with Crippen LogP contribution >= 0.6 is 0 Å². The fourth-order valence-electron chi connectivity index (χ4n) is 0.569. The van der Waals surface area contributed by atoms with Crippen molar-refractivity contribution in [2.75, 3.05) is 0 Å². The average molecular weight is 139 g/mol. The van der Waals surface area contributed by atoms with Crippen molar-refractivity contribution < 1.29 is 5.11 Å². The van der Waals surface area contributed by atoms with Crippen LogP contribution < -0.4 is 0 Å². The second kappa shape index (κ2) is 2.70. The van der Waals surface area contributed by atoms with Crippen LogP contribution in [0, 0.1) is 13.8 Å². The maximum atomic E-state index is 8.59. The van der Waals surface area contributed by atoms with E-state index in [-0.39, 0.29) is 6.61 Å². The highest BCUT2D eigenvalue weighted by Gasteiger charge is 1.97. The Balaban J connectivity index is 3.04. The monoisotopic (exact) mass is 139 g/mol. The van der Waals surface area contributed by atoms with Gasteiger partial charge in [-0.3, -0.25) is 0 Å². The Bertz CT molecular complexity index is 236. The van der Waals surface area contributed by atoms with E-state index in [0.717, 1.165) is 11.4 Å². The van der Waals surface area contributed by atoms with Gasteiger partial charge in [0.25, 0.3) is 0 Å². The van der Waals surface area contributed by atoms with Crippen molar-refractivity contribution in [2.24, 2.45) is 0 Å². The Labute approximate surface area is 58.9 Å². The Hall–Kier alpha value is -1.03. The van der Waals surface area contributed by atoms with Gasteiger partial charge in [0.2, 0.25) is 0 Å². The van der Waals surface area contributed by atoms with E-state index in [4.69, 9.17) is 5.11 Å². The lowest BCUT2D eigenvalue weighted by atomic mass is 10.4. The zero-order chi connectivity index (χ0) is 7.56. The molecule has 0 aromatic carbocycles. The van der Waals surface area contributed by atoms with Crippen molar-refractivity contribution in [1.29, 1.82) is 0 Å². The summed E-state index contributed by atoms with van der Waals surface area (Å²) in [5.41, 5.74) is 1.62. The quantitative estimate of drug-likeness (QED) is 0.594. The van der Waals surface area contributed by atoms with Gasteiger partial charge in [0.05, 0.1) is 11.4 Å². The van der Waals surface area contributed by atoms with Gasteiger partial charge in [0, 0.05) is 0 Å².